The molecular weight excluding hydrogens is 296 g/mol. The number of epoxide rings is 1. The Balaban J connectivity index is 1.58. The fourth-order valence-electron chi connectivity index (χ4n) is 2.22. The molecule has 2 aromatic carbocycles. The number of rotatable bonds is 5. The van der Waals surface area contributed by atoms with Gasteiger partial charge in [-0.1, -0.05) is 34.8 Å². The number of nitrogens with zero attached hydrogens (tertiary/aromatic N) is 2. The summed E-state index contributed by atoms with van der Waals surface area (Å²) in [5, 5.41) is 4.27. The van der Waals surface area contributed by atoms with Gasteiger partial charge in [0, 0.05) is 5.56 Å². The summed E-state index contributed by atoms with van der Waals surface area (Å²) < 4.78 is 14.9. The average Bonchev–Trinajstić information content (AvgIpc) is 3.28. The summed E-state index contributed by atoms with van der Waals surface area (Å²) in [7, 11) is 0. The van der Waals surface area contributed by atoms with Gasteiger partial charge in [0.1, 0.15) is 24.2 Å². The molecule has 1 aromatic heterocycles. The molecule has 0 amide bonds. The minimum Gasteiger partial charge on any atom is -0.491 e. The molecule has 4 rings (SSSR count). The highest BCUT2D eigenvalue weighted by molar-refractivity contribution is 7.09. The summed E-state index contributed by atoms with van der Waals surface area (Å²) in [5.41, 5.74) is 3.10. The standard InChI is InChI=1S/C17H14N2O2S/c1-2-4-12(5-3-1)16-17(22-19-18-16)13-6-8-14(9-7-13)20-10-15-11-21-15/h1-9,15H,10-11H2. The molecule has 0 radical (unpaired) electrons. The van der Waals surface area contributed by atoms with E-state index >= 15 is 0 Å². The van der Waals surface area contributed by atoms with Crippen molar-refractivity contribution in [3.63, 3.8) is 0 Å². The fourth-order valence-corrected chi connectivity index (χ4v) is 2.91. The molecule has 0 spiro atoms. The molecule has 2 heterocycles. The van der Waals surface area contributed by atoms with Crippen LogP contribution in [0.3, 0.4) is 0 Å². The number of aromatic nitrogens is 2. The lowest BCUT2D eigenvalue weighted by Crippen LogP contribution is -2.03. The van der Waals surface area contributed by atoms with E-state index in [2.05, 4.69) is 9.59 Å². The maximum absolute atomic E-state index is 5.66. The molecule has 1 aliphatic rings. The van der Waals surface area contributed by atoms with E-state index < -0.39 is 0 Å². The first-order valence-corrected chi connectivity index (χ1v) is 7.90. The summed E-state index contributed by atoms with van der Waals surface area (Å²) in [4.78, 5) is 1.07. The van der Waals surface area contributed by atoms with Crippen LogP contribution in [-0.4, -0.2) is 28.9 Å². The van der Waals surface area contributed by atoms with Gasteiger partial charge in [-0.3, -0.25) is 0 Å². The normalized spacial score (nSPS) is 16.5. The van der Waals surface area contributed by atoms with Gasteiger partial charge in [-0.2, -0.15) is 0 Å². The quantitative estimate of drug-likeness (QED) is 0.675. The molecule has 1 fully saturated rings. The van der Waals surface area contributed by atoms with Gasteiger partial charge in [-0.25, -0.2) is 0 Å². The number of hydrogen-bond acceptors (Lipinski definition) is 5. The van der Waals surface area contributed by atoms with Gasteiger partial charge < -0.3 is 9.47 Å². The van der Waals surface area contributed by atoms with Crippen molar-refractivity contribution in [1.82, 2.24) is 9.59 Å². The third-order valence-corrected chi connectivity index (χ3v) is 4.26. The minimum absolute atomic E-state index is 0.273. The van der Waals surface area contributed by atoms with Gasteiger partial charge >= 0.3 is 0 Å². The molecule has 0 bridgehead atoms. The molecular formula is C17H14N2O2S. The highest BCUT2D eigenvalue weighted by Gasteiger charge is 2.23. The second-order valence-corrected chi connectivity index (χ2v) is 5.86. The van der Waals surface area contributed by atoms with E-state index in [-0.39, 0.29) is 6.10 Å². The number of ether oxygens (including phenoxy) is 2. The van der Waals surface area contributed by atoms with Gasteiger partial charge in [0.2, 0.25) is 0 Å². The predicted molar refractivity (Wildman–Crippen MR) is 86.0 cm³/mol. The summed E-state index contributed by atoms with van der Waals surface area (Å²) in [6, 6.07) is 18.2. The van der Waals surface area contributed by atoms with Crippen molar-refractivity contribution in [2.24, 2.45) is 0 Å². The minimum atomic E-state index is 0.273. The molecule has 110 valence electrons. The first kappa shape index (κ1) is 13.4. The monoisotopic (exact) mass is 310 g/mol. The molecule has 4 nitrogen and oxygen atoms in total. The molecule has 1 aliphatic heterocycles. The van der Waals surface area contributed by atoms with Crippen molar-refractivity contribution in [2.45, 2.75) is 6.10 Å². The van der Waals surface area contributed by atoms with Gasteiger partial charge in [0.05, 0.1) is 11.5 Å². The summed E-state index contributed by atoms with van der Waals surface area (Å²) in [6.45, 7) is 1.43. The van der Waals surface area contributed by atoms with Crippen LogP contribution in [0.2, 0.25) is 0 Å². The summed E-state index contributed by atoms with van der Waals surface area (Å²) in [6.07, 6.45) is 0.273. The molecule has 3 aromatic rings. The van der Waals surface area contributed by atoms with Gasteiger partial charge in [0.15, 0.2) is 0 Å². The van der Waals surface area contributed by atoms with Gasteiger partial charge in [-0.15, -0.1) is 5.10 Å². The predicted octanol–water partition coefficient (Wildman–Crippen LogP) is 3.65. The van der Waals surface area contributed by atoms with Crippen LogP contribution < -0.4 is 4.74 Å². The Morgan fingerprint density at radius 3 is 2.55 bits per heavy atom. The zero-order valence-electron chi connectivity index (χ0n) is 11.8. The van der Waals surface area contributed by atoms with Crippen LogP contribution >= 0.6 is 11.5 Å². The Morgan fingerprint density at radius 2 is 1.82 bits per heavy atom. The summed E-state index contributed by atoms with van der Waals surface area (Å²) >= 11 is 1.41. The highest BCUT2D eigenvalue weighted by Crippen LogP contribution is 2.33. The molecule has 0 saturated carbocycles. The van der Waals surface area contributed by atoms with Crippen molar-refractivity contribution < 1.29 is 9.47 Å². The lowest BCUT2D eigenvalue weighted by molar-refractivity contribution is 0.263. The lowest BCUT2D eigenvalue weighted by atomic mass is 10.1. The van der Waals surface area contributed by atoms with E-state index in [4.69, 9.17) is 9.47 Å². The van der Waals surface area contributed by atoms with E-state index in [1.807, 2.05) is 54.6 Å². The molecule has 0 N–H and O–H groups in total. The second kappa shape index (κ2) is 5.87. The van der Waals surface area contributed by atoms with Gasteiger partial charge in [-0.05, 0) is 41.4 Å². The highest BCUT2D eigenvalue weighted by atomic mass is 32.1. The Labute approximate surface area is 132 Å². The number of hydrogen-bond donors (Lipinski definition) is 0. The van der Waals surface area contributed by atoms with Crippen LogP contribution in [0.25, 0.3) is 21.7 Å². The first-order valence-electron chi connectivity index (χ1n) is 7.13. The number of benzene rings is 2. The molecule has 5 heteroatoms. The van der Waals surface area contributed by atoms with Crippen molar-refractivity contribution in [3.05, 3.63) is 54.6 Å². The van der Waals surface area contributed by atoms with Crippen molar-refractivity contribution in [3.8, 4) is 27.4 Å². The van der Waals surface area contributed by atoms with Gasteiger partial charge in [0.25, 0.3) is 0 Å². The molecule has 1 saturated heterocycles. The molecule has 22 heavy (non-hydrogen) atoms. The van der Waals surface area contributed by atoms with Crippen LogP contribution in [0.15, 0.2) is 54.6 Å². The van der Waals surface area contributed by atoms with Crippen LogP contribution in [0, 0.1) is 0 Å². The molecule has 1 unspecified atom stereocenters. The zero-order valence-corrected chi connectivity index (χ0v) is 12.6. The van der Waals surface area contributed by atoms with E-state index in [0.29, 0.717) is 6.61 Å². The Hall–Kier alpha value is -2.24. The van der Waals surface area contributed by atoms with E-state index in [1.165, 1.54) is 11.5 Å². The smallest absolute Gasteiger partial charge is 0.119 e. The third kappa shape index (κ3) is 2.86. The summed E-state index contributed by atoms with van der Waals surface area (Å²) in [5.74, 6) is 0.859. The van der Waals surface area contributed by atoms with E-state index in [9.17, 15) is 0 Å². The topological polar surface area (TPSA) is 47.5 Å². The lowest BCUT2D eigenvalue weighted by Gasteiger charge is -2.05. The maximum Gasteiger partial charge on any atom is 0.119 e. The Morgan fingerprint density at radius 1 is 1.05 bits per heavy atom. The average molecular weight is 310 g/mol. The van der Waals surface area contributed by atoms with E-state index in [1.54, 1.807) is 0 Å². The van der Waals surface area contributed by atoms with Crippen LogP contribution in [0.4, 0.5) is 0 Å². The zero-order chi connectivity index (χ0) is 14.8. The maximum atomic E-state index is 5.66. The third-order valence-electron chi connectivity index (χ3n) is 3.49. The van der Waals surface area contributed by atoms with Crippen LogP contribution in [0.5, 0.6) is 5.75 Å². The molecule has 0 aliphatic carbocycles. The van der Waals surface area contributed by atoms with E-state index in [0.717, 1.165) is 34.1 Å². The van der Waals surface area contributed by atoms with Crippen LogP contribution in [0.1, 0.15) is 0 Å². The van der Waals surface area contributed by atoms with Crippen molar-refractivity contribution >= 4 is 11.5 Å². The second-order valence-electron chi connectivity index (χ2n) is 5.11. The van der Waals surface area contributed by atoms with Crippen molar-refractivity contribution in [1.29, 1.82) is 0 Å². The Kier molecular flexibility index (Phi) is 3.58. The first-order chi connectivity index (χ1) is 10.9. The largest absolute Gasteiger partial charge is 0.491 e. The SMILES string of the molecule is c1ccc(-c2nnsc2-c2ccc(OCC3CO3)cc2)cc1. The van der Waals surface area contributed by atoms with Crippen molar-refractivity contribution in [2.75, 3.05) is 13.2 Å². The fraction of sp³-hybridized carbons (Fsp3) is 0.176. The molecule has 1 atom stereocenters. The Bertz CT molecular complexity index is 752. The van der Waals surface area contributed by atoms with Crippen LogP contribution in [-0.2, 0) is 4.74 Å².